The highest BCUT2D eigenvalue weighted by atomic mass is 32.2. The fourth-order valence-electron chi connectivity index (χ4n) is 2.51. The van der Waals surface area contributed by atoms with Crippen molar-refractivity contribution in [1.29, 1.82) is 0 Å². The predicted octanol–water partition coefficient (Wildman–Crippen LogP) is 0.160. The van der Waals surface area contributed by atoms with Crippen molar-refractivity contribution in [2.45, 2.75) is 37.6 Å². The molecule has 2 aliphatic rings. The van der Waals surface area contributed by atoms with Crippen molar-refractivity contribution in [1.82, 2.24) is 19.8 Å². The number of sulfonamides is 1. The van der Waals surface area contributed by atoms with Gasteiger partial charge >= 0.3 is 0 Å². The van der Waals surface area contributed by atoms with Crippen LogP contribution in [0.2, 0.25) is 0 Å². The van der Waals surface area contributed by atoms with E-state index < -0.39 is 10.0 Å². The zero-order valence-electron chi connectivity index (χ0n) is 11.8. The lowest BCUT2D eigenvalue weighted by Gasteiger charge is -2.22. The maximum Gasteiger partial charge on any atom is 0.238 e. The van der Waals surface area contributed by atoms with Crippen LogP contribution >= 0.6 is 0 Å². The second-order valence-corrected chi connectivity index (χ2v) is 7.44. The number of nitrogens with one attached hydrogen (secondary N) is 1. The number of aromatic nitrogens is 2. The first-order valence-corrected chi connectivity index (χ1v) is 8.91. The second kappa shape index (κ2) is 5.38. The van der Waals surface area contributed by atoms with E-state index in [4.69, 9.17) is 4.52 Å². The lowest BCUT2D eigenvalue weighted by Crippen LogP contribution is -2.39. The summed E-state index contributed by atoms with van der Waals surface area (Å²) in [5.74, 6) is 1.30. The maximum atomic E-state index is 12.1. The maximum absolute atomic E-state index is 12.1. The third kappa shape index (κ3) is 3.41. The SMILES string of the molecule is CS(=O)(=O)NCC(=O)N1CCC[C@@H]1c1noc(C2CC2)n1. The fourth-order valence-corrected chi connectivity index (χ4v) is 2.89. The summed E-state index contributed by atoms with van der Waals surface area (Å²) >= 11 is 0. The Hall–Kier alpha value is -1.48. The molecule has 0 spiro atoms. The van der Waals surface area contributed by atoms with Gasteiger partial charge in [-0.25, -0.2) is 13.1 Å². The zero-order chi connectivity index (χ0) is 15.0. The minimum atomic E-state index is -3.38. The average molecular weight is 314 g/mol. The van der Waals surface area contributed by atoms with E-state index in [1.165, 1.54) is 0 Å². The third-order valence-electron chi connectivity index (χ3n) is 3.74. The Balaban J connectivity index is 1.67. The first kappa shape index (κ1) is 14.5. The Morgan fingerprint density at radius 2 is 2.19 bits per heavy atom. The number of rotatable bonds is 5. The summed E-state index contributed by atoms with van der Waals surface area (Å²) in [5.41, 5.74) is 0. The van der Waals surface area contributed by atoms with Gasteiger partial charge in [0, 0.05) is 12.5 Å². The Labute approximate surface area is 122 Å². The van der Waals surface area contributed by atoms with Crippen molar-refractivity contribution in [2.75, 3.05) is 19.3 Å². The van der Waals surface area contributed by atoms with Crippen LogP contribution < -0.4 is 4.72 Å². The molecule has 1 atom stereocenters. The van der Waals surface area contributed by atoms with E-state index in [-0.39, 0.29) is 18.5 Å². The lowest BCUT2D eigenvalue weighted by molar-refractivity contribution is -0.131. The number of hydrogen-bond acceptors (Lipinski definition) is 6. The lowest BCUT2D eigenvalue weighted by atomic mass is 10.2. The molecule has 0 bridgehead atoms. The minimum Gasteiger partial charge on any atom is -0.339 e. The van der Waals surface area contributed by atoms with Crippen LogP contribution in [0.3, 0.4) is 0 Å². The Bertz CT molecular complexity index is 637. The van der Waals surface area contributed by atoms with Gasteiger partial charge in [-0.15, -0.1) is 0 Å². The highest BCUT2D eigenvalue weighted by molar-refractivity contribution is 7.88. The number of amides is 1. The molecule has 1 aliphatic carbocycles. The highest BCUT2D eigenvalue weighted by Gasteiger charge is 2.36. The Kier molecular flexibility index (Phi) is 3.70. The van der Waals surface area contributed by atoms with Crippen molar-refractivity contribution in [2.24, 2.45) is 0 Å². The van der Waals surface area contributed by atoms with Crippen molar-refractivity contribution in [3.63, 3.8) is 0 Å². The van der Waals surface area contributed by atoms with Crippen LogP contribution in [0.5, 0.6) is 0 Å². The Morgan fingerprint density at radius 1 is 1.43 bits per heavy atom. The summed E-state index contributed by atoms with van der Waals surface area (Å²) in [6.07, 6.45) is 4.81. The van der Waals surface area contributed by atoms with Gasteiger partial charge in [0.05, 0.1) is 18.8 Å². The molecule has 3 rings (SSSR count). The van der Waals surface area contributed by atoms with Crippen LogP contribution in [0.1, 0.15) is 49.4 Å². The largest absolute Gasteiger partial charge is 0.339 e. The number of carbonyl (C=O) groups excluding carboxylic acids is 1. The number of nitrogens with zero attached hydrogens (tertiary/aromatic N) is 3. The third-order valence-corrected chi connectivity index (χ3v) is 4.41. The summed E-state index contributed by atoms with van der Waals surface area (Å²) in [7, 11) is -3.38. The van der Waals surface area contributed by atoms with E-state index in [2.05, 4.69) is 14.9 Å². The molecule has 2 fully saturated rings. The van der Waals surface area contributed by atoms with Gasteiger partial charge in [-0.1, -0.05) is 5.16 Å². The summed E-state index contributed by atoms with van der Waals surface area (Å²) in [6.45, 7) is 0.352. The molecule has 116 valence electrons. The first-order valence-electron chi connectivity index (χ1n) is 7.01. The summed E-state index contributed by atoms with van der Waals surface area (Å²) in [6, 6.07) is -0.213. The van der Waals surface area contributed by atoms with Crippen LogP contribution in [0.25, 0.3) is 0 Å². The number of hydrogen-bond donors (Lipinski definition) is 1. The molecule has 2 heterocycles. The molecule has 1 N–H and O–H groups in total. The molecule has 8 nitrogen and oxygen atoms in total. The van der Waals surface area contributed by atoms with E-state index in [9.17, 15) is 13.2 Å². The van der Waals surface area contributed by atoms with Gasteiger partial charge in [-0.05, 0) is 25.7 Å². The standard InChI is InChI=1S/C12H18N4O4S/c1-21(18,19)13-7-10(17)16-6-2-3-9(16)11-14-12(20-15-11)8-4-5-8/h8-9,13H,2-7H2,1H3/t9-/m1/s1. The highest BCUT2D eigenvalue weighted by Crippen LogP contribution is 2.40. The Morgan fingerprint density at radius 3 is 2.86 bits per heavy atom. The minimum absolute atomic E-state index is 0.213. The van der Waals surface area contributed by atoms with E-state index in [1.54, 1.807) is 4.90 Å². The van der Waals surface area contributed by atoms with Gasteiger partial charge in [0.1, 0.15) is 0 Å². The second-order valence-electron chi connectivity index (χ2n) is 5.60. The van der Waals surface area contributed by atoms with Gasteiger partial charge in [-0.3, -0.25) is 4.79 Å². The van der Waals surface area contributed by atoms with Crippen molar-refractivity contribution < 1.29 is 17.7 Å². The molecule has 1 aliphatic heterocycles. The molecule has 1 aromatic heterocycles. The molecule has 21 heavy (non-hydrogen) atoms. The van der Waals surface area contributed by atoms with Crippen LogP contribution in [0.4, 0.5) is 0 Å². The molecular weight excluding hydrogens is 296 g/mol. The molecule has 1 aromatic rings. The summed E-state index contributed by atoms with van der Waals surface area (Å²) in [5, 5.41) is 3.98. The summed E-state index contributed by atoms with van der Waals surface area (Å²) in [4.78, 5) is 18.2. The van der Waals surface area contributed by atoms with Crippen molar-refractivity contribution >= 4 is 15.9 Å². The van der Waals surface area contributed by atoms with Crippen LogP contribution in [0, 0.1) is 0 Å². The fraction of sp³-hybridized carbons (Fsp3) is 0.750. The van der Waals surface area contributed by atoms with Crippen molar-refractivity contribution in [3.8, 4) is 0 Å². The summed E-state index contributed by atoms with van der Waals surface area (Å²) < 4.78 is 29.6. The molecule has 1 amide bonds. The van der Waals surface area contributed by atoms with Crippen LogP contribution in [-0.2, 0) is 14.8 Å². The first-order chi connectivity index (χ1) is 9.94. The number of likely N-dealkylation sites (tertiary alicyclic amines) is 1. The monoisotopic (exact) mass is 314 g/mol. The molecule has 0 aromatic carbocycles. The van der Waals surface area contributed by atoms with Crippen molar-refractivity contribution in [3.05, 3.63) is 11.7 Å². The van der Waals surface area contributed by atoms with Crippen LogP contribution in [0.15, 0.2) is 4.52 Å². The number of carbonyl (C=O) groups is 1. The topological polar surface area (TPSA) is 105 Å². The smallest absolute Gasteiger partial charge is 0.238 e. The molecule has 9 heteroatoms. The predicted molar refractivity (Wildman–Crippen MR) is 72.8 cm³/mol. The normalized spacial score (nSPS) is 22.7. The van der Waals surface area contributed by atoms with Gasteiger partial charge in [0.15, 0.2) is 5.82 Å². The van der Waals surface area contributed by atoms with Gasteiger partial charge < -0.3 is 9.42 Å². The van der Waals surface area contributed by atoms with Crippen LogP contribution in [-0.4, -0.2) is 48.7 Å². The zero-order valence-corrected chi connectivity index (χ0v) is 12.6. The van der Waals surface area contributed by atoms with E-state index >= 15 is 0 Å². The van der Waals surface area contributed by atoms with Gasteiger partial charge in [0.25, 0.3) is 0 Å². The molecular formula is C12H18N4O4S. The van der Waals surface area contributed by atoms with E-state index in [0.29, 0.717) is 24.2 Å². The van der Waals surface area contributed by atoms with E-state index in [1.807, 2.05) is 0 Å². The average Bonchev–Trinajstić information content (AvgIpc) is 2.97. The van der Waals surface area contributed by atoms with Gasteiger partial charge in [-0.2, -0.15) is 4.98 Å². The van der Waals surface area contributed by atoms with Gasteiger partial charge in [0.2, 0.25) is 21.8 Å². The molecule has 1 saturated heterocycles. The van der Waals surface area contributed by atoms with E-state index in [0.717, 1.165) is 31.9 Å². The molecule has 0 radical (unpaired) electrons. The molecule has 0 unspecified atom stereocenters. The molecule has 1 saturated carbocycles. The quantitative estimate of drug-likeness (QED) is 0.830.